The molecule has 1 aromatic carbocycles. The number of nitrogens with zero attached hydrogens (tertiary/aromatic N) is 3. The first-order valence-corrected chi connectivity index (χ1v) is 12.9. The first-order chi connectivity index (χ1) is 18.8. The van der Waals surface area contributed by atoms with Gasteiger partial charge in [0, 0.05) is 44.1 Å². The van der Waals surface area contributed by atoms with Crippen LogP contribution in [0.2, 0.25) is 0 Å². The molecule has 2 heterocycles. The smallest absolute Gasteiger partial charge is 0.409 e. The number of pyridine rings is 1. The average molecular weight is 559 g/mol. The van der Waals surface area contributed by atoms with Crippen molar-refractivity contribution in [3.05, 3.63) is 35.5 Å². The molecule has 13 heteroatoms. The molecule has 3 amide bonds. The fourth-order valence-corrected chi connectivity index (χ4v) is 4.13. The maximum atomic E-state index is 13.3. The lowest BCUT2D eigenvalue weighted by Crippen LogP contribution is -2.56. The molecule has 1 saturated heterocycles. The zero-order valence-electron chi connectivity index (χ0n) is 22.9. The minimum atomic E-state index is -1.61. The lowest BCUT2D eigenvalue weighted by atomic mass is 10.1. The molecule has 0 aliphatic carbocycles. The Labute approximate surface area is 231 Å². The van der Waals surface area contributed by atoms with Gasteiger partial charge in [-0.25, -0.2) is 14.6 Å². The van der Waals surface area contributed by atoms with Crippen LogP contribution in [0.15, 0.2) is 24.3 Å². The number of aromatic nitrogens is 1. The second-order valence-corrected chi connectivity index (χ2v) is 9.91. The van der Waals surface area contributed by atoms with E-state index in [1.807, 2.05) is 6.92 Å². The third-order valence-corrected chi connectivity index (χ3v) is 6.41. The molecule has 3 rings (SSSR count). The number of nitrogens with one attached hydrogen (secondary N) is 1. The molecule has 1 aliphatic heterocycles. The normalized spacial score (nSPS) is 14.4. The number of fused-ring (bicyclic) bond motifs is 1. The van der Waals surface area contributed by atoms with Crippen molar-refractivity contribution in [1.29, 1.82) is 0 Å². The van der Waals surface area contributed by atoms with Gasteiger partial charge in [0.05, 0.1) is 12.1 Å². The second kappa shape index (κ2) is 12.6. The minimum absolute atomic E-state index is 0.117. The van der Waals surface area contributed by atoms with Crippen LogP contribution in [0.25, 0.3) is 10.9 Å². The van der Waals surface area contributed by atoms with Gasteiger partial charge in [0.15, 0.2) is 5.60 Å². The lowest BCUT2D eigenvalue weighted by molar-refractivity contribution is -0.152. The zero-order valence-corrected chi connectivity index (χ0v) is 22.9. The lowest BCUT2D eigenvalue weighted by Gasteiger charge is -2.35. The van der Waals surface area contributed by atoms with Gasteiger partial charge >= 0.3 is 18.0 Å². The molecular formula is C27H34N4O9. The largest absolute Gasteiger partial charge is 0.481 e. The molecule has 2 aromatic rings. The number of carbonyl (C=O) groups is 5. The monoisotopic (exact) mass is 558 g/mol. The molecule has 13 nitrogen and oxygen atoms in total. The van der Waals surface area contributed by atoms with Crippen LogP contribution in [-0.2, 0) is 19.1 Å². The van der Waals surface area contributed by atoms with Crippen molar-refractivity contribution in [2.75, 3.05) is 32.8 Å². The summed E-state index contributed by atoms with van der Waals surface area (Å²) in [5.74, 6) is -3.47. The summed E-state index contributed by atoms with van der Waals surface area (Å²) in [6.07, 6.45) is -1.02. The van der Waals surface area contributed by atoms with E-state index in [4.69, 9.17) is 9.47 Å². The Morgan fingerprint density at radius 3 is 2.30 bits per heavy atom. The number of rotatable bonds is 10. The summed E-state index contributed by atoms with van der Waals surface area (Å²) in [6.45, 7) is 7.34. The van der Waals surface area contributed by atoms with Crippen molar-refractivity contribution >= 4 is 40.7 Å². The number of aliphatic carboxylic acids is 2. The summed E-state index contributed by atoms with van der Waals surface area (Å²) < 4.78 is 10.8. The van der Waals surface area contributed by atoms with Crippen molar-refractivity contribution in [3.63, 3.8) is 0 Å². The van der Waals surface area contributed by atoms with Gasteiger partial charge in [-0.15, -0.1) is 0 Å². The predicted molar refractivity (Wildman–Crippen MR) is 142 cm³/mol. The fourth-order valence-electron chi connectivity index (χ4n) is 4.13. The number of amides is 3. The maximum absolute atomic E-state index is 13.3. The van der Waals surface area contributed by atoms with E-state index < -0.39 is 41.5 Å². The van der Waals surface area contributed by atoms with Crippen molar-refractivity contribution in [1.82, 2.24) is 20.1 Å². The van der Waals surface area contributed by atoms with Gasteiger partial charge in [-0.2, -0.15) is 0 Å². The van der Waals surface area contributed by atoms with Gasteiger partial charge in [-0.05, 0) is 51.8 Å². The van der Waals surface area contributed by atoms with E-state index in [1.54, 1.807) is 25.1 Å². The van der Waals surface area contributed by atoms with E-state index in [-0.39, 0.29) is 57.1 Å². The van der Waals surface area contributed by atoms with Gasteiger partial charge < -0.3 is 34.8 Å². The van der Waals surface area contributed by atoms with Crippen molar-refractivity contribution < 1.29 is 43.7 Å². The van der Waals surface area contributed by atoms with Crippen molar-refractivity contribution in [2.24, 2.45) is 0 Å². The van der Waals surface area contributed by atoms with E-state index in [2.05, 4.69) is 10.3 Å². The van der Waals surface area contributed by atoms with Crippen LogP contribution in [0.3, 0.4) is 0 Å². The number of carboxylic acid groups (broad SMARTS) is 2. The molecule has 0 radical (unpaired) electrons. The number of hydrogen-bond acceptors (Lipinski definition) is 8. The van der Waals surface area contributed by atoms with Gasteiger partial charge in [-0.3, -0.25) is 14.4 Å². The number of benzene rings is 1. The number of carboxylic acids is 2. The number of piperazine rings is 1. The summed E-state index contributed by atoms with van der Waals surface area (Å²) in [5.41, 5.74) is -0.516. The second-order valence-electron chi connectivity index (χ2n) is 9.91. The fraction of sp³-hybridized carbons (Fsp3) is 0.481. The molecule has 1 aromatic heterocycles. The Bertz CT molecular complexity index is 1300. The molecule has 1 aliphatic rings. The van der Waals surface area contributed by atoms with Crippen LogP contribution in [0, 0.1) is 6.92 Å². The highest BCUT2D eigenvalue weighted by Crippen LogP contribution is 2.30. The average Bonchev–Trinajstić information content (AvgIpc) is 2.90. The van der Waals surface area contributed by atoms with Crippen molar-refractivity contribution in [2.45, 2.75) is 52.2 Å². The van der Waals surface area contributed by atoms with Gasteiger partial charge in [0.2, 0.25) is 5.91 Å². The zero-order chi connectivity index (χ0) is 29.6. The highest BCUT2D eigenvalue weighted by molar-refractivity contribution is 5.99. The van der Waals surface area contributed by atoms with Crippen LogP contribution in [0.1, 0.15) is 49.7 Å². The Hall–Kier alpha value is -4.42. The van der Waals surface area contributed by atoms with Crippen LogP contribution >= 0.6 is 0 Å². The first kappa shape index (κ1) is 30.1. The SMILES string of the molecule is CCOC(=O)N1CCN(C(=O)[C@H](CCC(=O)O)NC(=O)c2cc(OC(C)(C)C(=O)O)c3ccc(C)cc3n2)CC1. The van der Waals surface area contributed by atoms with Gasteiger partial charge in [0.25, 0.3) is 5.91 Å². The van der Waals surface area contributed by atoms with Gasteiger partial charge in [0.1, 0.15) is 17.5 Å². The molecule has 1 atom stereocenters. The van der Waals surface area contributed by atoms with E-state index >= 15 is 0 Å². The molecule has 40 heavy (non-hydrogen) atoms. The van der Waals surface area contributed by atoms with Crippen LogP contribution in [0.5, 0.6) is 5.75 Å². The topological polar surface area (TPSA) is 176 Å². The molecule has 3 N–H and O–H groups in total. The Balaban J connectivity index is 1.86. The highest BCUT2D eigenvalue weighted by atomic mass is 16.6. The Morgan fingerprint density at radius 1 is 1.05 bits per heavy atom. The third-order valence-electron chi connectivity index (χ3n) is 6.41. The minimum Gasteiger partial charge on any atom is -0.481 e. The van der Waals surface area contributed by atoms with E-state index in [9.17, 15) is 34.2 Å². The quantitative estimate of drug-likeness (QED) is 0.391. The van der Waals surface area contributed by atoms with E-state index in [1.165, 1.54) is 29.7 Å². The van der Waals surface area contributed by atoms with Crippen molar-refractivity contribution in [3.8, 4) is 5.75 Å². The highest BCUT2D eigenvalue weighted by Gasteiger charge is 2.33. The summed E-state index contributed by atoms with van der Waals surface area (Å²) in [7, 11) is 0. The predicted octanol–water partition coefficient (Wildman–Crippen LogP) is 2.05. The maximum Gasteiger partial charge on any atom is 0.409 e. The summed E-state index contributed by atoms with van der Waals surface area (Å²) >= 11 is 0. The molecule has 216 valence electrons. The first-order valence-electron chi connectivity index (χ1n) is 12.9. The van der Waals surface area contributed by atoms with E-state index in [0.29, 0.717) is 10.9 Å². The van der Waals surface area contributed by atoms with Crippen LogP contribution in [0.4, 0.5) is 4.79 Å². The summed E-state index contributed by atoms with van der Waals surface area (Å²) in [6, 6.07) is 5.35. The Morgan fingerprint density at radius 2 is 1.70 bits per heavy atom. The van der Waals surface area contributed by atoms with Crippen LogP contribution < -0.4 is 10.1 Å². The number of carbonyl (C=O) groups excluding carboxylic acids is 3. The third kappa shape index (κ3) is 7.36. The van der Waals surface area contributed by atoms with Gasteiger partial charge in [-0.1, -0.05) is 6.07 Å². The summed E-state index contributed by atoms with van der Waals surface area (Å²) in [4.78, 5) is 69.0. The number of hydrogen-bond donors (Lipinski definition) is 3. The molecule has 0 spiro atoms. The number of ether oxygens (including phenoxy) is 2. The molecular weight excluding hydrogens is 524 g/mol. The molecule has 0 bridgehead atoms. The van der Waals surface area contributed by atoms with Crippen LogP contribution in [-0.4, -0.2) is 99.3 Å². The standard InChI is InChI=1S/C27H34N4O9/c1-5-39-26(38)31-12-10-30(11-13-31)24(35)18(8-9-22(32)33)29-23(34)20-15-21(40-27(3,4)25(36)37)17-7-6-16(2)14-19(17)28-20/h6-7,14-15,18H,5,8-13H2,1-4H3,(H,29,34)(H,32,33)(H,36,37)/t18-/m0/s1. The number of aryl methyl sites for hydroxylation is 1. The summed E-state index contributed by atoms with van der Waals surface area (Å²) in [5, 5.41) is 21.8. The van der Waals surface area contributed by atoms with E-state index in [0.717, 1.165) is 5.56 Å². The molecule has 0 saturated carbocycles. The molecule has 0 unspecified atom stereocenters. The Kier molecular flexibility index (Phi) is 9.51. The molecule has 1 fully saturated rings.